The van der Waals surface area contributed by atoms with Crippen LogP contribution in [0.2, 0.25) is 0 Å². The second kappa shape index (κ2) is 9.53. The van der Waals surface area contributed by atoms with E-state index in [0.717, 1.165) is 41.0 Å². The van der Waals surface area contributed by atoms with E-state index in [9.17, 15) is 14.4 Å². The Balaban J connectivity index is 1.32. The number of carbonyl (C=O) groups excluding carboxylic acids is 3. The molecule has 0 saturated heterocycles. The number of aromatic nitrogens is 2. The maximum Gasteiger partial charge on any atom is 0.231 e. The lowest BCUT2D eigenvalue weighted by atomic mass is 9.96. The fraction of sp³-hybridized carbons (Fsp3) is 0.321. The Morgan fingerprint density at radius 3 is 2.58 bits per heavy atom. The minimum absolute atomic E-state index is 0.00714. The molecular formula is C28H29N5O3. The van der Waals surface area contributed by atoms with Gasteiger partial charge in [0.05, 0.1) is 17.8 Å². The zero-order valence-corrected chi connectivity index (χ0v) is 20.7. The van der Waals surface area contributed by atoms with E-state index in [-0.39, 0.29) is 36.0 Å². The van der Waals surface area contributed by atoms with Crippen molar-refractivity contribution in [2.24, 2.45) is 5.92 Å². The first-order valence-electron chi connectivity index (χ1n) is 12.2. The Kier molecular flexibility index (Phi) is 6.26. The summed E-state index contributed by atoms with van der Waals surface area (Å²) >= 11 is 0. The molecule has 2 amide bonds. The second-order valence-corrected chi connectivity index (χ2v) is 9.57. The van der Waals surface area contributed by atoms with Gasteiger partial charge in [-0.3, -0.25) is 14.4 Å². The molecule has 2 atom stereocenters. The van der Waals surface area contributed by atoms with E-state index in [0.29, 0.717) is 17.9 Å². The monoisotopic (exact) mass is 483 g/mol. The van der Waals surface area contributed by atoms with Gasteiger partial charge in [0.2, 0.25) is 17.8 Å². The molecule has 1 aliphatic carbocycles. The summed E-state index contributed by atoms with van der Waals surface area (Å²) in [6, 6.07) is 15.2. The van der Waals surface area contributed by atoms with E-state index in [1.165, 1.54) is 0 Å². The van der Waals surface area contributed by atoms with Crippen LogP contribution in [0.5, 0.6) is 0 Å². The van der Waals surface area contributed by atoms with Crippen molar-refractivity contribution in [2.75, 3.05) is 24.3 Å². The quantitative estimate of drug-likeness (QED) is 0.546. The highest BCUT2D eigenvalue weighted by Gasteiger charge is 2.33. The molecule has 1 aliphatic heterocycles. The van der Waals surface area contributed by atoms with Crippen molar-refractivity contribution >= 4 is 34.9 Å². The molecule has 2 heterocycles. The largest absolute Gasteiger partial charge is 0.343 e. The highest BCUT2D eigenvalue weighted by atomic mass is 16.2. The third-order valence-electron chi connectivity index (χ3n) is 7.35. The highest BCUT2D eigenvalue weighted by molar-refractivity contribution is 6.01. The molecule has 0 bridgehead atoms. The van der Waals surface area contributed by atoms with Crippen LogP contribution < -0.4 is 10.2 Å². The van der Waals surface area contributed by atoms with Crippen molar-refractivity contribution < 1.29 is 14.4 Å². The first-order chi connectivity index (χ1) is 17.3. The van der Waals surface area contributed by atoms with Crippen LogP contribution in [-0.2, 0) is 16.0 Å². The summed E-state index contributed by atoms with van der Waals surface area (Å²) in [5, 5.41) is 3.22. The maximum absolute atomic E-state index is 13.0. The Morgan fingerprint density at radius 2 is 1.83 bits per heavy atom. The molecule has 184 valence electrons. The number of Topliss-reactive ketones (excluding diaryl/α,β-unsaturated/α-hetero) is 1. The fourth-order valence-corrected chi connectivity index (χ4v) is 5.10. The molecule has 8 heteroatoms. The van der Waals surface area contributed by atoms with Crippen molar-refractivity contribution in [1.29, 1.82) is 0 Å². The molecular weight excluding hydrogens is 454 g/mol. The summed E-state index contributed by atoms with van der Waals surface area (Å²) in [7, 11) is 3.58. The third kappa shape index (κ3) is 4.46. The van der Waals surface area contributed by atoms with Crippen LogP contribution in [0.15, 0.2) is 54.7 Å². The van der Waals surface area contributed by atoms with Crippen molar-refractivity contribution in [3.8, 4) is 11.3 Å². The smallest absolute Gasteiger partial charge is 0.231 e. The van der Waals surface area contributed by atoms with Gasteiger partial charge in [-0.15, -0.1) is 0 Å². The lowest BCUT2D eigenvalue weighted by Gasteiger charge is -2.23. The van der Waals surface area contributed by atoms with E-state index in [1.807, 2.05) is 48.5 Å². The van der Waals surface area contributed by atoms with Gasteiger partial charge >= 0.3 is 0 Å². The van der Waals surface area contributed by atoms with Crippen molar-refractivity contribution in [3.05, 3.63) is 65.9 Å². The Morgan fingerprint density at radius 1 is 1.08 bits per heavy atom. The average Bonchev–Trinajstić information content (AvgIpc) is 3.35. The number of rotatable bonds is 5. The maximum atomic E-state index is 13.0. The summed E-state index contributed by atoms with van der Waals surface area (Å²) in [6.45, 7) is 1.56. The molecule has 2 aliphatic rings. The van der Waals surface area contributed by atoms with E-state index < -0.39 is 0 Å². The topological polar surface area (TPSA) is 95.5 Å². The van der Waals surface area contributed by atoms with Crippen molar-refractivity contribution in [2.45, 2.75) is 38.6 Å². The number of anilines is 3. The first-order valence-corrected chi connectivity index (χ1v) is 12.2. The Hall–Kier alpha value is -4.07. The van der Waals surface area contributed by atoms with E-state index in [2.05, 4.69) is 10.3 Å². The average molecular weight is 484 g/mol. The number of ketones is 1. The first kappa shape index (κ1) is 23.7. The van der Waals surface area contributed by atoms with Crippen LogP contribution >= 0.6 is 0 Å². The summed E-state index contributed by atoms with van der Waals surface area (Å²) < 4.78 is 0. The number of fused-ring (bicyclic) bond motifs is 3. The van der Waals surface area contributed by atoms with Gasteiger partial charge in [-0.05, 0) is 49.6 Å². The number of hydrogen-bond acceptors (Lipinski definition) is 6. The number of hydrogen-bond donors (Lipinski definition) is 1. The zero-order chi connectivity index (χ0) is 25.4. The van der Waals surface area contributed by atoms with E-state index in [4.69, 9.17) is 4.98 Å². The lowest BCUT2D eigenvalue weighted by molar-refractivity contribution is -0.129. The summed E-state index contributed by atoms with van der Waals surface area (Å²) in [5.74, 6) is 0.501. The number of para-hydroxylation sites is 1. The molecule has 8 nitrogen and oxygen atoms in total. The standard InChI is InChI=1S/C28H29N5O3/c1-17(34)32(2)22-13-10-19(14-22)27(36)18-8-11-21(12-9-18)30-28-29-16-20-15-25(35)33(3)24-7-5-4-6-23(24)26(20)31-28/h4-9,11-12,16,19,22H,10,13-15H2,1-3H3,(H,29,30,31). The van der Waals surface area contributed by atoms with Crippen LogP contribution in [0.3, 0.4) is 0 Å². The predicted octanol–water partition coefficient (Wildman–Crippen LogP) is 4.24. The molecule has 0 radical (unpaired) electrons. The molecule has 0 spiro atoms. The van der Waals surface area contributed by atoms with Gasteiger partial charge in [-0.25, -0.2) is 9.97 Å². The normalized spacial score (nSPS) is 18.8. The van der Waals surface area contributed by atoms with E-state index >= 15 is 0 Å². The van der Waals surface area contributed by atoms with Crippen LogP contribution in [-0.4, -0.2) is 52.6 Å². The molecule has 3 aromatic rings. The van der Waals surface area contributed by atoms with Crippen molar-refractivity contribution in [3.63, 3.8) is 0 Å². The van der Waals surface area contributed by atoms with Crippen LogP contribution in [0.4, 0.5) is 17.3 Å². The van der Waals surface area contributed by atoms with Gasteiger partial charge in [0.25, 0.3) is 0 Å². The summed E-state index contributed by atoms with van der Waals surface area (Å²) in [5.41, 5.74) is 4.65. The molecule has 1 saturated carbocycles. The molecule has 2 unspecified atom stereocenters. The number of likely N-dealkylation sites (N-methyl/N-ethyl adjacent to an activating group) is 1. The zero-order valence-electron chi connectivity index (χ0n) is 20.7. The molecule has 1 N–H and O–H groups in total. The minimum Gasteiger partial charge on any atom is -0.343 e. The van der Waals surface area contributed by atoms with Gasteiger partial charge in [0, 0.05) is 61.6 Å². The highest BCUT2D eigenvalue weighted by Crippen LogP contribution is 2.35. The van der Waals surface area contributed by atoms with Gasteiger partial charge in [-0.2, -0.15) is 0 Å². The molecule has 1 aromatic heterocycles. The number of benzene rings is 2. The van der Waals surface area contributed by atoms with Gasteiger partial charge in [0.1, 0.15) is 0 Å². The van der Waals surface area contributed by atoms with Gasteiger partial charge in [-0.1, -0.05) is 18.2 Å². The summed E-state index contributed by atoms with van der Waals surface area (Å²) in [6.07, 6.45) is 4.29. The third-order valence-corrected chi connectivity index (χ3v) is 7.35. The number of carbonyl (C=O) groups is 3. The van der Waals surface area contributed by atoms with Gasteiger partial charge < -0.3 is 15.1 Å². The number of nitrogens with zero attached hydrogens (tertiary/aromatic N) is 4. The Bertz CT molecular complexity index is 1340. The summed E-state index contributed by atoms with van der Waals surface area (Å²) in [4.78, 5) is 49.9. The molecule has 2 aromatic carbocycles. The molecule has 5 rings (SSSR count). The van der Waals surface area contributed by atoms with Crippen LogP contribution in [0.1, 0.15) is 42.1 Å². The van der Waals surface area contributed by atoms with Crippen molar-refractivity contribution in [1.82, 2.24) is 14.9 Å². The molecule has 1 fully saturated rings. The minimum atomic E-state index is -0.0653. The number of amides is 2. The lowest BCUT2D eigenvalue weighted by Crippen LogP contribution is -2.33. The fourth-order valence-electron chi connectivity index (χ4n) is 5.10. The van der Waals surface area contributed by atoms with E-state index in [1.54, 1.807) is 37.0 Å². The van der Waals surface area contributed by atoms with Crippen LogP contribution in [0.25, 0.3) is 11.3 Å². The molecule has 36 heavy (non-hydrogen) atoms. The van der Waals surface area contributed by atoms with Crippen LogP contribution in [0, 0.1) is 5.92 Å². The number of nitrogens with one attached hydrogen (secondary N) is 1. The predicted molar refractivity (Wildman–Crippen MR) is 138 cm³/mol. The second-order valence-electron chi connectivity index (χ2n) is 9.57. The van der Waals surface area contributed by atoms with Gasteiger partial charge in [0.15, 0.2) is 5.78 Å². The Labute approximate surface area is 210 Å². The SMILES string of the molecule is CC(=O)N(C)C1CCC(C(=O)c2ccc(Nc3ncc4c(n3)-c3ccccc3N(C)C(=O)C4)cc2)C1.